The molecule has 1 N–H and O–H groups in total. The number of nitrogens with zero attached hydrogens (tertiary/aromatic N) is 2. The summed E-state index contributed by atoms with van der Waals surface area (Å²) >= 11 is 0. The Bertz CT molecular complexity index is 305. The van der Waals surface area contributed by atoms with Crippen LogP contribution in [0.3, 0.4) is 0 Å². The monoisotopic (exact) mass is 263 g/mol. The van der Waals surface area contributed by atoms with E-state index < -0.39 is 0 Å². The molecule has 0 aliphatic carbocycles. The number of hydrogen-bond acceptors (Lipinski definition) is 3. The molecule has 0 saturated carbocycles. The molecule has 0 spiro atoms. The molecule has 0 amide bonds. The highest BCUT2D eigenvalue weighted by molar-refractivity contribution is 5.85. The minimum absolute atomic E-state index is 0. The van der Waals surface area contributed by atoms with Gasteiger partial charge in [0.15, 0.2) is 0 Å². The Morgan fingerprint density at radius 2 is 1.56 bits per heavy atom. The second kappa shape index (κ2) is 7.05. The van der Waals surface area contributed by atoms with Crippen LogP contribution in [-0.4, -0.2) is 23.1 Å². The molecule has 1 fully saturated rings. The van der Waals surface area contributed by atoms with Crippen molar-refractivity contribution in [1.82, 2.24) is 15.3 Å². The van der Waals surface area contributed by atoms with Gasteiger partial charge in [-0.1, -0.05) is 0 Å². The molecule has 16 heavy (non-hydrogen) atoms. The highest BCUT2D eigenvalue weighted by atomic mass is 35.5. The van der Waals surface area contributed by atoms with Gasteiger partial charge in [-0.25, -0.2) is 9.97 Å². The summed E-state index contributed by atoms with van der Waals surface area (Å²) in [7, 11) is 0. The Hall–Kier alpha value is -0.380. The molecule has 1 aromatic heterocycles. The SMILES string of the molecule is Cc1cc(C)nc(C2CCNCC2)n1.Cl.Cl. The first-order valence-corrected chi connectivity index (χ1v) is 5.28. The predicted molar refractivity (Wildman–Crippen MR) is 70.8 cm³/mol. The average Bonchev–Trinajstić information content (AvgIpc) is 2.18. The molecule has 2 heterocycles. The lowest BCUT2D eigenvalue weighted by atomic mass is 9.97. The number of hydrogen-bond donors (Lipinski definition) is 1. The molecule has 0 bridgehead atoms. The van der Waals surface area contributed by atoms with Gasteiger partial charge in [0.25, 0.3) is 0 Å². The topological polar surface area (TPSA) is 37.8 Å². The predicted octanol–water partition coefficient (Wildman–Crippen LogP) is 2.40. The van der Waals surface area contributed by atoms with Gasteiger partial charge >= 0.3 is 0 Å². The Balaban J connectivity index is 0.00000112. The van der Waals surface area contributed by atoms with Crippen LogP contribution in [0.25, 0.3) is 0 Å². The van der Waals surface area contributed by atoms with E-state index >= 15 is 0 Å². The third-order valence-electron chi connectivity index (χ3n) is 2.70. The van der Waals surface area contributed by atoms with E-state index in [-0.39, 0.29) is 24.8 Å². The second-order valence-electron chi connectivity index (χ2n) is 4.03. The molecule has 5 heteroatoms. The van der Waals surface area contributed by atoms with E-state index in [0.29, 0.717) is 5.92 Å². The van der Waals surface area contributed by atoms with E-state index in [9.17, 15) is 0 Å². The van der Waals surface area contributed by atoms with Gasteiger partial charge in [-0.2, -0.15) is 0 Å². The zero-order valence-corrected chi connectivity index (χ0v) is 11.3. The molecule has 1 aliphatic heterocycles. The summed E-state index contributed by atoms with van der Waals surface area (Å²) < 4.78 is 0. The van der Waals surface area contributed by atoms with Crippen molar-refractivity contribution >= 4 is 24.8 Å². The van der Waals surface area contributed by atoms with Crippen molar-refractivity contribution in [2.24, 2.45) is 0 Å². The quantitative estimate of drug-likeness (QED) is 0.846. The zero-order chi connectivity index (χ0) is 9.97. The summed E-state index contributed by atoms with van der Waals surface area (Å²) in [6.07, 6.45) is 2.34. The van der Waals surface area contributed by atoms with E-state index in [1.54, 1.807) is 0 Å². The van der Waals surface area contributed by atoms with E-state index in [1.807, 2.05) is 19.9 Å². The molecular weight excluding hydrogens is 245 g/mol. The summed E-state index contributed by atoms with van der Waals surface area (Å²) in [6, 6.07) is 2.03. The van der Waals surface area contributed by atoms with Crippen molar-refractivity contribution in [3.63, 3.8) is 0 Å². The first-order chi connectivity index (χ1) is 6.75. The fourth-order valence-corrected chi connectivity index (χ4v) is 2.02. The van der Waals surface area contributed by atoms with Crippen molar-refractivity contribution in [2.75, 3.05) is 13.1 Å². The minimum atomic E-state index is 0. The number of halogens is 2. The number of rotatable bonds is 1. The van der Waals surface area contributed by atoms with E-state index in [0.717, 1.165) is 30.3 Å². The number of nitrogens with one attached hydrogen (secondary N) is 1. The zero-order valence-electron chi connectivity index (χ0n) is 9.69. The van der Waals surface area contributed by atoms with Gasteiger partial charge < -0.3 is 5.32 Å². The van der Waals surface area contributed by atoms with Crippen LogP contribution in [0.1, 0.15) is 36.0 Å². The van der Waals surface area contributed by atoms with Crippen LogP contribution in [0.5, 0.6) is 0 Å². The lowest BCUT2D eigenvalue weighted by molar-refractivity contribution is 0.443. The lowest BCUT2D eigenvalue weighted by Gasteiger charge is -2.21. The second-order valence-corrected chi connectivity index (χ2v) is 4.03. The summed E-state index contributed by atoms with van der Waals surface area (Å²) in [6.45, 7) is 6.28. The maximum absolute atomic E-state index is 4.52. The average molecular weight is 264 g/mol. The van der Waals surface area contributed by atoms with Gasteiger partial charge in [0.05, 0.1) is 0 Å². The molecule has 1 aromatic rings. The third-order valence-corrected chi connectivity index (χ3v) is 2.70. The van der Waals surface area contributed by atoms with Crippen molar-refractivity contribution in [1.29, 1.82) is 0 Å². The Kier molecular flexibility index (Phi) is 6.88. The maximum Gasteiger partial charge on any atom is 0.132 e. The highest BCUT2D eigenvalue weighted by Crippen LogP contribution is 2.22. The van der Waals surface area contributed by atoms with E-state index in [1.165, 1.54) is 12.8 Å². The molecule has 0 aromatic carbocycles. The van der Waals surface area contributed by atoms with Crippen LogP contribution < -0.4 is 5.32 Å². The van der Waals surface area contributed by atoms with Gasteiger partial charge in [-0.15, -0.1) is 24.8 Å². The van der Waals surface area contributed by atoms with Crippen LogP contribution >= 0.6 is 24.8 Å². The van der Waals surface area contributed by atoms with Gasteiger partial charge in [-0.05, 0) is 45.8 Å². The molecule has 2 rings (SSSR count). The molecule has 0 atom stereocenters. The van der Waals surface area contributed by atoms with Crippen molar-refractivity contribution < 1.29 is 0 Å². The molecular formula is C11H19Cl2N3. The molecule has 92 valence electrons. The molecule has 0 radical (unpaired) electrons. The first-order valence-electron chi connectivity index (χ1n) is 5.28. The minimum Gasteiger partial charge on any atom is -0.317 e. The summed E-state index contributed by atoms with van der Waals surface area (Å²) in [5.41, 5.74) is 2.18. The number of aryl methyl sites for hydroxylation is 2. The highest BCUT2D eigenvalue weighted by Gasteiger charge is 2.17. The third kappa shape index (κ3) is 3.89. The summed E-state index contributed by atoms with van der Waals surface area (Å²) in [5, 5.41) is 3.36. The lowest BCUT2D eigenvalue weighted by Crippen LogP contribution is -2.27. The Labute approximate surface area is 109 Å². The van der Waals surface area contributed by atoms with E-state index in [2.05, 4.69) is 15.3 Å². The smallest absolute Gasteiger partial charge is 0.132 e. The summed E-state index contributed by atoms with van der Waals surface area (Å²) in [5.74, 6) is 1.61. The summed E-state index contributed by atoms with van der Waals surface area (Å²) in [4.78, 5) is 9.04. The van der Waals surface area contributed by atoms with Crippen molar-refractivity contribution in [2.45, 2.75) is 32.6 Å². The normalized spacial score (nSPS) is 16.1. The standard InChI is InChI=1S/C11H17N3.2ClH/c1-8-7-9(2)14-11(13-8)10-3-5-12-6-4-10;;/h7,10,12H,3-6H2,1-2H3;2*1H. The number of piperidine rings is 1. The fraction of sp³-hybridized carbons (Fsp3) is 0.636. The van der Waals surface area contributed by atoms with Crippen molar-refractivity contribution in [3.8, 4) is 0 Å². The molecule has 1 aliphatic rings. The van der Waals surface area contributed by atoms with Gasteiger partial charge in [0.2, 0.25) is 0 Å². The fourth-order valence-electron chi connectivity index (χ4n) is 2.02. The van der Waals surface area contributed by atoms with Gasteiger partial charge in [-0.3, -0.25) is 0 Å². The van der Waals surface area contributed by atoms with Crippen LogP contribution in [0.2, 0.25) is 0 Å². The molecule has 0 unspecified atom stereocenters. The van der Waals surface area contributed by atoms with Crippen molar-refractivity contribution in [3.05, 3.63) is 23.3 Å². The molecule has 3 nitrogen and oxygen atoms in total. The Morgan fingerprint density at radius 1 is 1.06 bits per heavy atom. The van der Waals surface area contributed by atoms with Crippen LogP contribution in [0.15, 0.2) is 6.07 Å². The van der Waals surface area contributed by atoms with Crippen LogP contribution in [0, 0.1) is 13.8 Å². The van der Waals surface area contributed by atoms with Crippen LogP contribution in [-0.2, 0) is 0 Å². The number of aromatic nitrogens is 2. The van der Waals surface area contributed by atoms with Gasteiger partial charge in [0.1, 0.15) is 5.82 Å². The molecule has 1 saturated heterocycles. The van der Waals surface area contributed by atoms with Gasteiger partial charge in [0, 0.05) is 17.3 Å². The first kappa shape index (κ1) is 15.6. The largest absolute Gasteiger partial charge is 0.317 e. The Morgan fingerprint density at radius 3 is 2.06 bits per heavy atom. The maximum atomic E-state index is 4.52. The van der Waals surface area contributed by atoms with E-state index in [4.69, 9.17) is 0 Å². The van der Waals surface area contributed by atoms with Crippen LogP contribution in [0.4, 0.5) is 0 Å².